The summed E-state index contributed by atoms with van der Waals surface area (Å²) < 4.78 is 5.80. The fourth-order valence-electron chi connectivity index (χ4n) is 10.0. The fraction of sp³-hybridized carbons (Fsp3) is 0.698. The molecule has 28 nitrogen and oxygen atoms in total. The Labute approximate surface area is 535 Å². The van der Waals surface area contributed by atoms with Crippen molar-refractivity contribution < 1.29 is 72.5 Å². The lowest BCUT2D eigenvalue weighted by molar-refractivity contribution is -0.157. The minimum Gasteiger partial charge on any atom is -0.458 e. The molecule has 28 heteroatoms. The van der Waals surface area contributed by atoms with Crippen molar-refractivity contribution in [3.63, 3.8) is 0 Å². The summed E-state index contributed by atoms with van der Waals surface area (Å²) in [6.07, 6.45) is 0.815. The molecule has 1 aromatic carbocycles. The van der Waals surface area contributed by atoms with Crippen LogP contribution in [0.15, 0.2) is 30.3 Å². The number of nitrogens with one attached hydrogen (secondary N) is 11. The average molecular weight is 1280 g/mol. The lowest BCUT2D eigenvalue weighted by Crippen LogP contribution is -2.63. The first-order chi connectivity index (χ1) is 42.9. The monoisotopic (exact) mass is 1280 g/mol. The Morgan fingerprint density at radius 2 is 1.04 bits per heavy atom. The van der Waals surface area contributed by atoms with E-state index in [0.29, 0.717) is 32.1 Å². The van der Waals surface area contributed by atoms with Gasteiger partial charge in [-0.25, -0.2) is 4.79 Å². The molecule has 0 aliphatic carbocycles. The van der Waals surface area contributed by atoms with Crippen LogP contribution in [0.3, 0.4) is 0 Å². The maximum Gasteiger partial charge on any atom is 0.329 e. The van der Waals surface area contributed by atoms with Crippen molar-refractivity contribution in [2.45, 2.75) is 233 Å². The standard InChI is InChI=1S/C63H105N13O15/c1-13-34(8)48(72-53(80)40(17-5)30-39-23-19-18-20-24-39)59(86)70-44(31-77)57(84)67-42(27-28-47(66)79)55(82)73-50(36(10)15-3)61(88)74-49(35(9)14-2)60(87)71-45(32-78)58(85)76-52-38(12)91-63(90)51(37(11)16-4)75-56(83)43(29-33(6)7)69-54(81)41(68-62(52)89)25-21-22-26-46(64)65/h18-20,23-24,33-38,40-45,48-52,77-78H,13-17,21-22,25-32H2,1-12H3,(H3,64,65)(H2,66,79)(H,67,84)(H,68,89)(H,69,81)(H,70,86)(H,71,87)(H,72,80)(H,73,82)(H,74,88)(H,75,83)(H,76,85)/t34-,35-,36+,37-,38-,40+,41-,42+,43-,44-,45-,48-,49-,50+,51-,52+/m0/s1. The number of unbranched alkanes of at least 4 members (excludes halogenated alkanes) is 1. The Kier molecular flexibility index (Phi) is 35.0. The molecule has 16 atom stereocenters. The Hall–Kier alpha value is -7.75. The van der Waals surface area contributed by atoms with E-state index in [0.717, 1.165) is 5.56 Å². The zero-order valence-electron chi connectivity index (χ0n) is 55.2. The molecule has 512 valence electrons. The molecule has 11 amide bonds. The number of aliphatic hydroxyl groups is 2. The van der Waals surface area contributed by atoms with Crippen molar-refractivity contribution in [2.24, 2.45) is 47.0 Å². The summed E-state index contributed by atoms with van der Waals surface area (Å²) >= 11 is 0. The minimum atomic E-state index is -1.84. The number of cyclic esters (lactones) is 1. The van der Waals surface area contributed by atoms with E-state index in [2.05, 4.69) is 53.2 Å². The van der Waals surface area contributed by atoms with E-state index in [1.807, 2.05) is 58.0 Å². The molecule has 0 aromatic heterocycles. The number of rotatable bonds is 37. The van der Waals surface area contributed by atoms with Gasteiger partial charge in [0.05, 0.1) is 19.0 Å². The third-order valence-electron chi connectivity index (χ3n) is 16.8. The van der Waals surface area contributed by atoms with Crippen LogP contribution in [0.5, 0.6) is 0 Å². The number of amides is 11. The predicted octanol–water partition coefficient (Wildman–Crippen LogP) is 0.0256. The number of esters is 1. The van der Waals surface area contributed by atoms with Gasteiger partial charge in [0.2, 0.25) is 65.0 Å². The van der Waals surface area contributed by atoms with Crippen LogP contribution in [0.1, 0.15) is 166 Å². The number of amidine groups is 1. The van der Waals surface area contributed by atoms with Gasteiger partial charge in [-0.15, -0.1) is 0 Å². The maximum atomic E-state index is 14.5. The zero-order chi connectivity index (χ0) is 68.8. The lowest BCUT2D eigenvalue weighted by atomic mass is 9.93. The first-order valence-electron chi connectivity index (χ1n) is 32.0. The van der Waals surface area contributed by atoms with Gasteiger partial charge in [-0.3, -0.25) is 58.1 Å². The van der Waals surface area contributed by atoms with E-state index in [9.17, 15) is 67.7 Å². The maximum absolute atomic E-state index is 14.5. The second-order valence-corrected chi connectivity index (χ2v) is 24.5. The van der Waals surface area contributed by atoms with E-state index in [1.165, 1.54) is 6.92 Å². The zero-order valence-corrected chi connectivity index (χ0v) is 55.2. The van der Waals surface area contributed by atoms with Crippen LogP contribution in [-0.2, 0) is 68.7 Å². The minimum absolute atomic E-state index is 0.0113. The summed E-state index contributed by atoms with van der Waals surface area (Å²) in [5.41, 5.74) is 11.9. The van der Waals surface area contributed by atoms with Gasteiger partial charge >= 0.3 is 5.97 Å². The van der Waals surface area contributed by atoms with Gasteiger partial charge in [-0.2, -0.15) is 0 Å². The summed E-state index contributed by atoms with van der Waals surface area (Å²) in [7, 11) is 0. The van der Waals surface area contributed by atoms with Crippen LogP contribution in [0.25, 0.3) is 0 Å². The number of ether oxygens (including phenoxy) is 1. The van der Waals surface area contributed by atoms with Crippen molar-refractivity contribution >= 4 is 76.8 Å². The third kappa shape index (κ3) is 26.2. The van der Waals surface area contributed by atoms with Crippen molar-refractivity contribution in [1.82, 2.24) is 53.2 Å². The van der Waals surface area contributed by atoms with Crippen LogP contribution in [0.4, 0.5) is 0 Å². The first kappa shape index (κ1) is 79.3. The number of benzene rings is 1. The van der Waals surface area contributed by atoms with Crippen LogP contribution in [0, 0.1) is 40.9 Å². The quantitative estimate of drug-likeness (QED) is 0.0181. The van der Waals surface area contributed by atoms with Gasteiger partial charge in [0.1, 0.15) is 66.5 Å². The number of carbonyl (C=O) groups is 12. The molecule has 0 saturated carbocycles. The molecule has 0 unspecified atom stereocenters. The fourth-order valence-corrected chi connectivity index (χ4v) is 10.0. The Morgan fingerprint density at radius 1 is 0.571 bits per heavy atom. The van der Waals surface area contributed by atoms with Crippen LogP contribution in [-0.4, -0.2) is 167 Å². The molecule has 0 radical (unpaired) electrons. The summed E-state index contributed by atoms with van der Waals surface area (Å²) in [4.78, 5) is 167. The van der Waals surface area contributed by atoms with Gasteiger partial charge in [0.25, 0.3) is 0 Å². The van der Waals surface area contributed by atoms with E-state index >= 15 is 0 Å². The molecule has 2 rings (SSSR count). The number of aliphatic hydroxyl groups excluding tert-OH is 2. The summed E-state index contributed by atoms with van der Waals surface area (Å²) in [5.74, 6) is -13.6. The number of nitrogens with two attached hydrogens (primary N) is 2. The molecule has 1 saturated heterocycles. The highest BCUT2D eigenvalue weighted by Crippen LogP contribution is 2.19. The summed E-state index contributed by atoms with van der Waals surface area (Å²) in [6, 6.07) is -5.34. The van der Waals surface area contributed by atoms with Crippen molar-refractivity contribution in [2.75, 3.05) is 13.2 Å². The Morgan fingerprint density at radius 3 is 1.53 bits per heavy atom. The molecule has 91 heavy (non-hydrogen) atoms. The number of hydrogen-bond donors (Lipinski definition) is 15. The molecule has 1 heterocycles. The van der Waals surface area contributed by atoms with E-state index in [4.69, 9.17) is 21.6 Å². The summed E-state index contributed by atoms with van der Waals surface area (Å²) in [5, 5.41) is 54.7. The number of carbonyl (C=O) groups excluding carboxylic acids is 12. The SMILES string of the molecule is CC[C@H](Cc1ccccc1)C(=O)N[C@H](C(=O)N[C@@H](CO)C(=O)N[C@H](CCC(N)=O)C(=O)N[C@@H](C(=O)N[C@H](C(=O)N[C@@H](CO)C(=O)N[C@H]1C(=O)N[C@@H](CCCCC(=N)N)C(=O)N[C@@H](CC(C)C)C(=O)N[C@@H]([C@@H](C)CC)C(=O)O[C@H]1C)[C@@H](C)CC)[C@H](C)CC)[C@@H](C)CC. The molecule has 1 aliphatic rings. The van der Waals surface area contributed by atoms with Crippen LogP contribution < -0.4 is 64.6 Å². The highest BCUT2D eigenvalue weighted by atomic mass is 16.5. The summed E-state index contributed by atoms with van der Waals surface area (Å²) in [6.45, 7) is 18.4. The molecule has 1 aromatic rings. The van der Waals surface area contributed by atoms with Crippen molar-refractivity contribution in [3.8, 4) is 0 Å². The largest absolute Gasteiger partial charge is 0.458 e. The highest BCUT2D eigenvalue weighted by Gasteiger charge is 2.41. The Balaban J connectivity index is 2.48. The average Bonchev–Trinajstić information content (AvgIpc) is 2.60. The van der Waals surface area contributed by atoms with Crippen LogP contribution in [0.2, 0.25) is 0 Å². The highest BCUT2D eigenvalue weighted by molar-refractivity contribution is 5.99. The second-order valence-electron chi connectivity index (χ2n) is 24.5. The van der Waals surface area contributed by atoms with Crippen LogP contribution >= 0.6 is 0 Å². The molecule has 17 N–H and O–H groups in total. The Bertz CT molecular complexity index is 2610. The topological polar surface area (TPSA) is 451 Å². The molecular formula is C63H105N13O15. The van der Waals surface area contributed by atoms with Gasteiger partial charge in [0.15, 0.2) is 0 Å². The molecular weight excluding hydrogens is 1180 g/mol. The smallest absolute Gasteiger partial charge is 0.329 e. The molecule has 0 spiro atoms. The number of primary amides is 1. The van der Waals surface area contributed by atoms with Crippen molar-refractivity contribution in [1.29, 1.82) is 5.41 Å². The van der Waals surface area contributed by atoms with Gasteiger partial charge < -0.3 is 79.6 Å². The normalized spacial score (nSPS) is 20.8. The van der Waals surface area contributed by atoms with Gasteiger partial charge in [-0.1, -0.05) is 139 Å². The van der Waals surface area contributed by atoms with Crippen molar-refractivity contribution in [3.05, 3.63) is 35.9 Å². The van der Waals surface area contributed by atoms with E-state index < -0.39 is 193 Å². The molecule has 1 fully saturated rings. The number of hydrogen-bond acceptors (Lipinski definition) is 16. The van der Waals surface area contributed by atoms with E-state index in [1.54, 1.807) is 48.5 Å². The van der Waals surface area contributed by atoms with Gasteiger partial charge in [-0.05, 0) is 80.6 Å². The predicted molar refractivity (Wildman–Crippen MR) is 339 cm³/mol. The first-order valence-corrected chi connectivity index (χ1v) is 32.0. The third-order valence-corrected chi connectivity index (χ3v) is 16.8. The van der Waals surface area contributed by atoms with Gasteiger partial charge in [0, 0.05) is 18.8 Å². The van der Waals surface area contributed by atoms with E-state index in [-0.39, 0.29) is 50.3 Å². The molecule has 0 bridgehead atoms. The molecule has 1 aliphatic heterocycles. The lowest BCUT2D eigenvalue weighted by Gasteiger charge is -2.31. The second kappa shape index (κ2) is 40.2.